The van der Waals surface area contributed by atoms with Crippen LogP contribution in [0.15, 0.2) is 0 Å². The fraction of sp³-hybridized carbons (Fsp3) is 0.923. The van der Waals surface area contributed by atoms with E-state index in [1.54, 1.807) is 0 Å². The Labute approximate surface area is 105 Å². The monoisotopic (exact) mass is 238 g/mol. The molecule has 2 unspecified atom stereocenters. The highest BCUT2D eigenvalue weighted by molar-refractivity contribution is 5.03. The molecule has 0 aromatic carbocycles. The molecule has 98 valence electrons. The highest BCUT2D eigenvalue weighted by atomic mass is 15.2. The number of hydrogen-bond acceptors (Lipinski definition) is 4. The maximum Gasteiger partial charge on any atom is 0.104 e. The molecule has 1 aliphatic rings. The van der Waals surface area contributed by atoms with Crippen LogP contribution in [0.2, 0.25) is 0 Å². The molecule has 0 aromatic rings. The van der Waals surface area contributed by atoms with Gasteiger partial charge in [-0.15, -0.1) is 0 Å². The van der Waals surface area contributed by atoms with Crippen molar-refractivity contribution >= 4 is 0 Å². The topological polar surface area (TPSA) is 56.3 Å². The minimum atomic E-state index is -0.610. The van der Waals surface area contributed by atoms with Gasteiger partial charge in [-0.3, -0.25) is 0 Å². The number of hydrogen-bond donors (Lipinski definition) is 1. The van der Waals surface area contributed by atoms with Crippen molar-refractivity contribution in [2.75, 3.05) is 33.7 Å². The van der Waals surface area contributed by atoms with Crippen molar-refractivity contribution in [1.82, 2.24) is 9.80 Å². The first-order valence-corrected chi connectivity index (χ1v) is 6.59. The smallest absolute Gasteiger partial charge is 0.104 e. The molecule has 4 heteroatoms. The van der Waals surface area contributed by atoms with Gasteiger partial charge in [0.05, 0.1) is 6.07 Å². The summed E-state index contributed by atoms with van der Waals surface area (Å²) in [6.07, 6.45) is 3.83. The van der Waals surface area contributed by atoms with Gasteiger partial charge in [0.25, 0.3) is 0 Å². The quantitative estimate of drug-likeness (QED) is 0.751. The van der Waals surface area contributed by atoms with E-state index in [2.05, 4.69) is 30.0 Å². The summed E-state index contributed by atoms with van der Waals surface area (Å²) in [5.74, 6) is 0. The van der Waals surface area contributed by atoms with Crippen LogP contribution >= 0.6 is 0 Å². The summed E-state index contributed by atoms with van der Waals surface area (Å²) in [4.78, 5) is 4.78. The molecule has 4 nitrogen and oxygen atoms in total. The van der Waals surface area contributed by atoms with Gasteiger partial charge in [-0.1, -0.05) is 6.92 Å². The lowest BCUT2D eigenvalue weighted by molar-refractivity contribution is 0.261. The molecular weight excluding hydrogens is 212 g/mol. The zero-order valence-corrected chi connectivity index (χ0v) is 11.4. The SMILES string of the molecule is CCC(N)(C#N)CCCN1CCC(N(C)C)C1. The zero-order chi connectivity index (χ0) is 12.9. The lowest BCUT2D eigenvalue weighted by Crippen LogP contribution is -2.38. The molecule has 0 bridgehead atoms. The molecule has 1 aliphatic heterocycles. The minimum Gasteiger partial charge on any atom is -0.313 e. The predicted octanol–water partition coefficient (Wildman–Crippen LogP) is 1.03. The molecule has 1 rings (SSSR count). The number of nitrogens with zero attached hydrogens (tertiary/aromatic N) is 3. The van der Waals surface area contributed by atoms with Crippen molar-refractivity contribution in [3.05, 3.63) is 0 Å². The van der Waals surface area contributed by atoms with Crippen LogP contribution in [0.4, 0.5) is 0 Å². The molecule has 2 N–H and O–H groups in total. The fourth-order valence-electron chi connectivity index (χ4n) is 2.37. The molecule has 0 amide bonds. The van der Waals surface area contributed by atoms with Crippen molar-refractivity contribution in [3.63, 3.8) is 0 Å². The van der Waals surface area contributed by atoms with E-state index in [0.29, 0.717) is 6.04 Å². The van der Waals surface area contributed by atoms with Gasteiger partial charge in [-0.05, 0) is 52.9 Å². The van der Waals surface area contributed by atoms with Crippen LogP contribution in [0.25, 0.3) is 0 Å². The summed E-state index contributed by atoms with van der Waals surface area (Å²) in [6.45, 7) is 5.40. The molecular formula is C13H26N4. The second-order valence-electron chi connectivity index (χ2n) is 5.43. The summed E-state index contributed by atoms with van der Waals surface area (Å²) < 4.78 is 0. The Hall–Kier alpha value is -0.630. The number of nitrogens with two attached hydrogens (primary N) is 1. The van der Waals surface area contributed by atoms with Crippen molar-refractivity contribution in [3.8, 4) is 6.07 Å². The van der Waals surface area contributed by atoms with Gasteiger partial charge in [0.15, 0.2) is 0 Å². The Balaban J connectivity index is 2.23. The first kappa shape index (κ1) is 14.4. The summed E-state index contributed by atoms with van der Waals surface area (Å²) in [7, 11) is 4.29. The maximum absolute atomic E-state index is 9.00. The van der Waals surface area contributed by atoms with E-state index in [4.69, 9.17) is 11.0 Å². The van der Waals surface area contributed by atoms with Gasteiger partial charge >= 0.3 is 0 Å². The van der Waals surface area contributed by atoms with Crippen LogP contribution in [-0.2, 0) is 0 Å². The van der Waals surface area contributed by atoms with Crippen LogP contribution in [0, 0.1) is 11.3 Å². The van der Waals surface area contributed by atoms with Gasteiger partial charge in [0.2, 0.25) is 0 Å². The van der Waals surface area contributed by atoms with Crippen molar-refractivity contribution < 1.29 is 0 Å². The Morgan fingerprint density at radius 2 is 2.24 bits per heavy atom. The third-order valence-corrected chi connectivity index (χ3v) is 3.93. The van der Waals surface area contributed by atoms with E-state index in [1.807, 2.05) is 6.92 Å². The molecule has 1 heterocycles. The van der Waals surface area contributed by atoms with E-state index in [9.17, 15) is 0 Å². The third-order valence-electron chi connectivity index (χ3n) is 3.93. The second-order valence-corrected chi connectivity index (χ2v) is 5.43. The Kier molecular flexibility index (Phi) is 5.38. The van der Waals surface area contributed by atoms with Crippen LogP contribution < -0.4 is 5.73 Å². The molecule has 0 saturated carbocycles. The van der Waals surface area contributed by atoms with Crippen LogP contribution in [0.3, 0.4) is 0 Å². The highest BCUT2D eigenvalue weighted by Crippen LogP contribution is 2.17. The Morgan fingerprint density at radius 1 is 1.53 bits per heavy atom. The van der Waals surface area contributed by atoms with Gasteiger partial charge < -0.3 is 15.5 Å². The minimum absolute atomic E-state index is 0.610. The lowest BCUT2D eigenvalue weighted by Gasteiger charge is -2.23. The van der Waals surface area contributed by atoms with Crippen LogP contribution in [0.5, 0.6) is 0 Å². The van der Waals surface area contributed by atoms with Crippen LogP contribution in [-0.4, -0.2) is 55.1 Å². The predicted molar refractivity (Wildman–Crippen MR) is 70.6 cm³/mol. The summed E-state index contributed by atoms with van der Waals surface area (Å²) in [6, 6.07) is 2.93. The van der Waals surface area contributed by atoms with E-state index in [-0.39, 0.29) is 0 Å². The third kappa shape index (κ3) is 4.27. The summed E-state index contributed by atoms with van der Waals surface area (Å²) >= 11 is 0. The van der Waals surface area contributed by atoms with Crippen molar-refractivity contribution in [1.29, 1.82) is 5.26 Å². The van der Waals surface area contributed by atoms with Crippen molar-refractivity contribution in [2.45, 2.75) is 44.2 Å². The van der Waals surface area contributed by atoms with Crippen LogP contribution in [0.1, 0.15) is 32.6 Å². The van der Waals surface area contributed by atoms with E-state index in [0.717, 1.165) is 32.4 Å². The molecule has 1 saturated heterocycles. The average Bonchev–Trinajstić information content (AvgIpc) is 2.78. The standard InChI is InChI=1S/C13H26N4/c1-4-13(15,11-14)7-5-8-17-9-6-12(10-17)16(2)3/h12H,4-10,15H2,1-3H3. The number of rotatable bonds is 6. The molecule has 1 fully saturated rings. The highest BCUT2D eigenvalue weighted by Gasteiger charge is 2.25. The molecule has 0 aliphatic carbocycles. The van der Waals surface area contributed by atoms with Gasteiger partial charge in [0, 0.05) is 12.6 Å². The van der Waals surface area contributed by atoms with Gasteiger partial charge in [0.1, 0.15) is 5.54 Å². The molecule has 0 radical (unpaired) electrons. The zero-order valence-electron chi connectivity index (χ0n) is 11.4. The first-order valence-electron chi connectivity index (χ1n) is 6.59. The van der Waals surface area contributed by atoms with Gasteiger partial charge in [-0.25, -0.2) is 0 Å². The summed E-state index contributed by atoms with van der Waals surface area (Å²) in [5.41, 5.74) is 5.36. The van der Waals surface area contributed by atoms with E-state index >= 15 is 0 Å². The fourth-order valence-corrected chi connectivity index (χ4v) is 2.37. The van der Waals surface area contributed by atoms with E-state index < -0.39 is 5.54 Å². The molecule has 2 atom stereocenters. The van der Waals surface area contributed by atoms with Gasteiger partial charge in [-0.2, -0.15) is 5.26 Å². The summed E-state index contributed by atoms with van der Waals surface area (Å²) in [5, 5.41) is 9.00. The Bertz CT molecular complexity index is 271. The normalized spacial score (nSPS) is 24.8. The average molecular weight is 238 g/mol. The molecule has 0 aromatic heterocycles. The first-order chi connectivity index (χ1) is 8.00. The second kappa shape index (κ2) is 6.34. The Morgan fingerprint density at radius 3 is 2.71 bits per heavy atom. The lowest BCUT2D eigenvalue weighted by atomic mass is 9.93. The molecule has 17 heavy (non-hydrogen) atoms. The molecule has 0 spiro atoms. The number of nitriles is 1. The number of likely N-dealkylation sites (tertiary alicyclic amines) is 1. The van der Waals surface area contributed by atoms with Crippen molar-refractivity contribution in [2.24, 2.45) is 5.73 Å². The van der Waals surface area contributed by atoms with E-state index in [1.165, 1.54) is 13.0 Å². The maximum atomic E-state index is 9.00. The number of likely N-dealkylation sites (N-methyl/N-ethyl adjacent to an activating group) is 1. The largest absolute Gasteiger partial charge is 0.313 e.